The second-order valence-electron chi connectivity index (χ2n) is 13.4. The third-order valence-electron chi connectivity index (χ3n) is 9.95. The van der Waals surface area contributed by atoms with E-state index in [9.17, 15) is 4.79 Å². The highest BCUT2D eigenvalue weighted by atomic mass is 16.5. The quantitative estimate of drug-likeness (QED) is 0.0874. The number of nitrogens with one attached hydrogen (secondary N) is 2. The number of aromatic nitrogens is 4. The number of carbonyl (C=O) groups excluding carboxylic acids is 1. The fourth-order valence-electron chi connectivity index (χ4n) is 7.26. The number of nitrogen functional groups attached to an aromatic ring is 3. The van der Waals surface area contributed by atoms with Crippen LogP contribution in [0.5, 0.6) is 0 Å². The van der Waals surface area contributed by atoms with Gasteiger partial charge in [-0.25, -0.2) is 14.8 Å². The van der Waals surface area contributed by atoms with Crippen LogP contribution >= 0.6 is 0 Å². The van der Waals surface area contributed by atoms with Gasteiger partial charge in [0.2, 0.25) is 0 Å². The van der Waals surface area contributed by atoms with Crippen LogP contribution in [0.25, 0.3) is 90.9 Å². The normalized spacial score (nSPS) is 11.9. The second-order valence-corrected chi connectivity index (χ2v) is 13.4. The highest BCUT2D eigenvalue weighted by molar-refractivity contribution is 6.00. The fraction of sp³-hybridized carbons (Fsp3) is 0.0217. The Balaban J connectivity index is 1.44. The number of H-pyrrole nitrogens is 2. The number of nitrogens with zero attached hydrogens (tertiary/aromatic N) is 2. The Morgan fingerprint density at radius 2 is 0.709 bits per heavy atom. The maximum absolute atomic E-state index is 12.4. The summed E-state index contributed by atoms with van der Waals surface area (Å²) in [6, 6.07) is 39.1. The van der Waals surface area contributed by atoms with Crippen molar-refractivity contribution in [2.75, 3.05) is 24.3 Å². The van der Waals surface area contributed by atoms with E-state index in [4.69, 9.17) is 31.9 Å². The number of hydrogen-bond acceptors (Lipinski definition) is 7. The molecule has 0 fully saturated rings. The molecule has 7 aromatic rings. The van der Waals surface area contributed by atoms with Gasteiger partial charge in [-0.15, -0.1) is 0 Å². The van der Waals surface area contributed by atoms with Crippen molar-refractivity contribution in [2.45, 2.75) is 0 Å². The van der Waals surface area contributed by atoms with Crippen molar-refractivity contribution in [1.82, 2.24) is 19.9 Å². The van der Waals surface area contributed by atoms with E-state index in [1.807, 2.05) is 103 Å². The Morgan fingerprint density at radius 1 is 0.436 bits per heavy atom. The summed E-state index contributed by atoms with van der Waals surface area (Å²) in [7, 11) is 1.38. The zero-order valence-electron chi connectivity index (χ0n) is 29.8. The first-order valence-electron chi connectivity index (χ1n) is 17.8. The summed E-state index contributed by atoms with van der Waals surface area (Å²) in [4.78, 5) is 30.5. The number of hydrogen-bond donors (Lipinski definition) is 5. The molecule has 0 saturated carbocycles. The fourth-order valence-corrected chi connectivity index (χ4v) is 7.26. The number of anilines is 3. The van der Waals surface area contributed by atoms with Gasteiger partial charge in [0.25, 0.3) is 0 Å². The Morgan fingerprint density at radius 3 is 0.982 bits per heavy atom. The van der Waals surface area contributed by atoms with Crippen molar-refractivity contribution in [3.05, 3.63) is 150 Å². The standard InChI is InChI=1S/C46H35N7O2/c1-55-46(54)30-4-2-26(3-5-30)42-34-18-20-36(50-34)43(27-6-12-31(47)13-7-27)38-22-24-40(52-38)45(29-10-16-33(49)17-11-29)41-25-23-39(53-41)44(37-21-19-35(42)51-37)28-8-14-32(48)15-9-28/h2-25,50,53H,47-49H2,1H3. The second kappa shape index (κ2) is 13.4. The minimum absolute atomic E-state index is 0.403. The Labute approximate surface area is 316 Å². The number of nitrogens with two attached hydrogens (primary N) is 3. The molecule has 266 valence electrons. The van der Waals surface area contributed by atoms with Gasteiger partial charge in [-0.2, -0.15) is 0 Å². The first-order valence-corrected chi connectivity index (χ1v) is 17.8. The van der Waals surface area contributed by atoms with E-state index in [0.29, 0.717) is 22.6 Å². The van der Waals surface area contributed by atoms with Crippen LogP contribution in [-0.2, 0) is 4.74 Å². The van der Waals surface area contributed by atoms with Crippen LogP contribution in [0.2, 0.25) is 0 Å². The summed E-state index contributed by atoms with van der Waals surface area (Å²) in [5.41, 5.74) is 34.8. The predicted octanol–water partition coefficient (Wildman–Crippen LogP) is 9.86. The predicted molar refractivity (Wildman–Crippen MR) is 225 cm³/mol. The van der Waals surface area contributed by atoms with Gasteiger partial charge in [0, 0.05) is 61.4 Å². The lowest BCUT2D eigenvalue weighted by atomic mass is 10.0. The Hall–Kier alpha value is -7.65. The summed E-state index contributed by atoms with van der Waals surface area (Å²) in [6.45, 7) is 0. The lowest BCUT2D eigenvalue weighted by molar-refractivity contribution is 0.0600. The Bertz CT molecular complexity index is 2820. The molecule has 2 aliphatic heterocycles. The van der Waals surface area contributed by atoms with E-state index in [0.717, 1.165) is 89.4 Å². The molecule has 0 atom stereocenters. The molecule has 5 heterocycles. The van der Waals surface area contributed by atoms with E-state index in [1.165, 1.54) is 7.11 Å². The Kier molecular flexibility index (Phi) is 8.09. The van der Waals surface area contributed by atoms with Gasteiger partial charge in [0.1, 0.15) is 0 Å². The molecule has 0 unspecified atom stereocenters. The van der Waals surface area contributed by atoms with E-state index < -0.39 is 5.97 Å². The summed E-state index contributed by atoms with van der Waals surface area (Å²) >= 11 is 0. The highest BCUT2D eigenvalue weighted by Gasteiger charge is 2.19. The molecule has 0 radical (unpaired) electrons. The number of carbonyl (C=O) groups is 1. The minimum Gasteiger partial charge on any atom is -0.465 e. The monoisotopic (exact) mass is 717 g/mol. The number of rotatable bonds is 5. The van der Waals surface area contributed by atoms with Gasteiger partial charge < -0.3 is 31.9 Å². The van der Waals surface area contributed by atoms with Crippen LogP contribution in [0.4, 0.5) is 17.1 Å². The van der Waals surface area contributed by atoms with Crippen molar-refractivity contribution >= 4 is 69.4 Å². The van der Waals surface area contributed by atoms with Crippen molar-refractivity contribution in [2.24, 2.45) is 0 Å². The maximum Gasteiger partial charge on any atom is 0.337 e. The number of methoxy groups -OCH3 is 1. The van der Waals surface area contributed by atoms with Crippen molar-refractivity contribution in [3.63, 3.8) is 0 Å². The third-order valence-corrected chi connectivity index (χ3v) is 9.95. The molecule has 8 N–H and O–H groups in total. The summed E-state index contributed by atoms with van der Waals surface area (Å²) < 4.78 is 4.98. The molecule has 0 spiro atoms. The number of aromatic amines is 2. The molecule has 9 nitrogen and oxygen atoms in total. The number of benzene rings is 4. The maximum atomic E-state index is 12.4. The summed E-state index contributed by atoms with van der Waals surface area (Å²) in [5, 5.41) is 0. The molecular formula is C46H35N7O2. The number of ether oxygens (including phenoxy) is 1. The molecule has 3 aromatic heterocycles. The number of fused-ring (bicyclic) bond motifs is 8. The first kappa shape index (κ1) is 33.2. The van der Waals surface area contributed by atoms with Gasteiger partial charge in [-0.3, -0.25) is 0 Å². The number of esters is 1. The summed E-state index contributed by atoms with van der Waals surface area (Å²) in [5.74, 6) is -0.403. The SMILES string of the molecule is COC(=O)c1ccc(-c2c3nc(c(-c4ccc(N)cc4)c4ccc([nH]4)c(-c4ccc(N)cc4)c4nc(c(-c5ccc(N)cc5)c5ccc2[nH]5)C=C4)C=C3)cc1. The zero-order valence-corrected chi connectivity index (χ0v) is 29.8. The van der Waals surface area contributed by atoms with Crippen LogP contribution < -0.4 is 17.2 Å². The highest BCUT2D eigenvalue weighted by Crippen LogP contribution is 2.38. The van der Waals surface area contributed by atoms with Crippen LogP contribution in [0.3, 0.4) is 0 Å². The van der Waals surface area contributed by atoms with Gasteiger partial charge >= 0.3 is 5.97 Å². The van der Waals surface area contributed by atoms with Crippen LogP contribution in [0.1, 0.15) is 33.1 Å². The molecular weight excluding hydrogens is 683 g/mol. The zero-order chi connectivity index (χ0) is 37.6. The smallest absolute Gasteiger partial charge is 0.337 e. The summed E-state index contributed by atoms with van der Waals surface area (Å²) in [6.07, 6.45) is 8.16. The average Bonchev–Trinajstić information content (AvgIpc) is 4.05. The van der Waals surface area contributed by atoms with Crippen LogP contribution in [-0.4, -0.2) is 33.0 Å². The van der Waals surface area contributed by atoms with Crippen molar-refractivity contribution in [3.8, 4) is 44.5 Å². The molecule has 0 aliphatic carbocycles. The first-order chi connectivity index (χ1) is 26.8. The topological polar surface area (TPSA) is 162 Å². The third kappa shape index (κ3) is 6.09. The molecule has 0 saturated heterocycles. The largest absolute Gasteiger partial charge is 0.465 e. The van der Waals surface area contributed by atoms with Gasteiger partial charge in [-0.1, -0.05) is 48.5 Å². The van der Waals surface area contributed by atoms with E-state index in [1.54, 1.807) is 12.1 Å². The van der Waals surface area contributed by atoms with Gasteiger partial charge in [0.05, 0.1) is 35.4 Å². The van der Waals surface area contributed by atoms with Crippen molar-refractivity contribution in [1.29, 1.82) is 0 Å². The minimum atomic E-state index is -0.403. The molecule has 4 aromatic carbocycles. The van der Waals surface area contributed by atoms with Crippen LogP contribution in [0, 0.1) is 0 Å². The van der Waals surface area contributed by atoms with Crippen LogP contribution in [0.15, 0.2) is 121 Å². The van der Waals surface area contributed by atoms with E-state index in [-0.39, 0.29) is 0 Å². The molecule has 9 rings (SSSR count). The lowest BCUT2D eigenvalue weighted by Crippen LogP contribution is -2.00. The van der Waals surface area contributed by atoms with Gasteiger partial charge in [-0.05, 0) is 119 Å². The van der Waals surface area contributed by atoms with E-state index >= 15 is 0 Å². The molecule has 2 aliphatic rings. The van der Waals surface area contributed by atoms with Gasteiger partial charge in [0.15, 0.2) is 0 Å². The molecule has 8 bridgehead atoms. The molecule has 9 heteroatoms. The lowest BCUT2D eigenvalue weighted by Gasteiger charge is -2.08. The van der Waals surface area contributed by atoms with Crippen molar-refractivity contribution < 1.29 is 9.53 Å². The average molecular weight is 718 g/mol. The molecule has 0 amide bonds. The van der Waals surface area contributed by atoms with E-state index in [2.05, 4.69) is 40.3 Å². The molecule has 55 heavy (non-hydrogen) atoms.